The van der Waals surface area contributed by atoms with E-state index in [1.54, 1.807) is 0 Å². The van der Waals surface area contributed by atoms with Gasteiger partial charge in [0.1, 0.15) is 0 Å². The molecule has 0 fully saturated rings. The van der Waals surface area contributed by atoms with E-state index < -0.39 is 78.4 Å². The minimum absolute atomic E-state index is 0.232. The maximum atomic E-state index is 12.8. The zero-order valence-electron chi connectivity index (χ0n) is 17.4. The van der Waals surface area contributed by atoms with E-state index in [1.807, 2.05) is 0 Å². The number of carbonyl (C=O) groups is 2. The van der Waals surface area contributed by atoms with Crippen LogP contribution in [0.15, 0.2) is 24.8 Å². The predicted molar refractivity (Wildman–Crippen MR) is 84.3 cm³/mol. The van der Waals surface area contributed by atoms with Gasteiger partial charge in [-0.05, 0) is 0 Å². The van der Waals surface area contributed by atoms with Crippen LogP contribution in [0.5, 0.6) is 0 Å². The largest absolute Gasteiger partial charge is 0.478 e. The molecule has 0 aromatic carbocycles. The van der Waals surface area contributed by atoms with Crippen molar-refractivity contribution in [3.05, 3.63) is 24.8 Å². The SMILES string of the molecule is C=C(CC(F)(F)C(F)(F)C(F)(F)C(F)(F)F)C(=O)O.C=CC(=O)OCC(F)(F)C(F)(F)C(F)(F)C(F)(F)F. The van der Waals surface area contributed by atoms with Gasteiger partial charge in [0.15, 0.2) is 6.61 Å². The number of esters is 1. The van der Waals surface area contributed by atoms with Gasteiger partial charge in [0, 0.05) is 18.1 Å². The Morgan fingerprint density at radius 3 is 1.21 bits per heavy atom. The number of aliphatic carboxylic acids is 1. The number of rotatable bonds is 10. The molecule has 1 N–H and O–H groups in total. The molecule has 4 nitrogen and oxygen atoms in total. The Morgan fingerprint density at radius 2 is 0.947 bits per heavy atom. The van der Waals surface area contributed by atoms with Crippen LogP contribution in [0.1, 0.15) is 6.42 Å². The molecule has 0 aromatic heterocycles. The molecule has 0 rings (SSSR count). The van der Waals surface area contributed by atoms with Gasteiger partial charge in [0.05, 0.1) is 0 Å². The average molecular weight is 608 g/mol. The van der Waals surface area contributed by atoms with Crippen molar-refractivity contribution in [3.63, 3.8) is 0 Å². The minimum atomic E-state index is -7.03. The van der Waals surface area contributed by atoms with Crippen molar-refractivity contribution in [1.82, 2.24) is 0 Å². The Kier molecular flexibility index (Phi) is 10.9. The highest BCUT2D eigenvalue weighted by atomic mass is 19.4. The van der Waals surface area contributed by atoms with Crippen molar-refractivity contribution in [2.75, 3.05) is 6.61 Å². The van der Waals surface area contributed by atoms with Gasteiger partial charge in [-0.15, -0.1) is 0 Å². The summed E-state index contributed by atoms with van der Waals surface area (Å²) in [6.45, 7) is 2.38. The summed E-state index contributed by atoms with van der Waals surface area (Å²) in [5.74, 6) is -43.4. The Hall–Kier alpha value is -2.84. The van der Waals surface area contributed by atoms with Gasteiger partial charge in [-0.1, -0.05) is 13.2 Å². The van der Waals surface area contributed by atoms with Crippen LogP contribution in [-0.4, -0.2) is 71.5 Å². The monoisotopic (exact) mass is 608 g/mol. The molecular weight excluding hydrogens is 598 g/mol. The molecule has 0 saturated carbocycles. The second kappa shape index (κ2) is 11.1. The van der Waals surface area contributed by atoms with Crippen LogP contribution in [-0.2, 0) is 14.3 Å². The number of ether oxygens (including phenoxy) is 1. The zero-order valence-corrected chi connectivity index (χ0v) is 17.4. The van der Waals surface area contributed by atoms with Gasteiger partial charge < -0.3 is 9.84 Å². The van der Waals surface area contributed by atoms with Gasteiger partial charge >= 0.3 is 59.8 Å². The summed E-state index contributed by atoms with van der Waals surface area (Å²) in [6.07, 6.45) is -16.1. The van der Waals surface area contributed by atoms with Crippen molar-refractivity contribution in [3.8, 4) is 0 Å². The lowest BCUT2D eigenvalue weighted by atomic mass is 9.98. The smallest absolute Gasteiger partial charge is 0.460 e. The van der Waals surface area contributed by atoms with E-state index >= 15 is 0 Å². The summed E-state index contributed by atoms with van der Waals surface area (Å²) in [5.41, 5.74) is -1.64. The first-order valence-corrected chi connectivity index (χ1v) is 8.39. The van der Waals surface area contributed by atoms with Crippen LogP contribution in [0.25, 0.3) is 0 Å². The third-order valence-corrected chi connectivity index (χ3v) is 3.72. The third kappa shape index (κ3) is 7.38. The minimum Gasteiger partial charge on any atom is -0.478 e. The van der Waals surface area contributed by atoms with Gasteiger partial charge in [-0.2, -0.15) is 79.0 Å². The van der Waals surface area contributed by atoms with E-state index in [0.29, 0.717) is 0 Å². The molecule has 224 valence electrons. The number of carboxylic acids is 1. The first kappa shape index (κ1) is 37.3. The van der Waals surface area contributed by atoms with Crippen molar-refractivity contribution < 1.29 is 98.5 Å². The molecular formula is C16H10F18O4. The summed E-state index contributed by atoms with van der Waals surface area (Å²) in [5, 5.41) is 8.09. The van der Waals surface area contributed by atoms with E-state index in [4.69, 9.17) is 5.11 Å². The maximum absolute atomic E-state index is 12.8. The van der Waals surface area contributed by atoms with Gasteiger partial charge in [0.2, 0.25) is 0 Å². The lowest BCUT2D eigenvalue weighted by molar-refractivity contribution is -0.398. The molecule has 0 aliphatic rings. The average Bonchev–Trinajstić information content (AvgIpc) is 2.69. The topological polar surface area (TPSA) is 63.6 Å². The number of carbonyl (C=O) groups excluding carboxylic acids is 1. The van der Waals surface area contributed by atoms with E-state index in [2.05, 4.69) is 17.9 Å². The molecule has 0 amide bonds. The lowest BCUT2D eigenvalue weighted by Gasteiger charge is -2.33. The number of hydrogen-bond donors (Lipinski definition) is 1. The fraction of sp³-hybridized carbons (Fsp3) is 0.625. The lowest BCUT2D eigenvalue weighted by Crippen LogP contribution is -2.62. The number of hydrogen-bond acceptors (Lipinski definition) is 3. The fourth-order valence-corrected chi connectivity index (χ4v) is 1.58. The molecule has 0 aliphatic heterocycles. The van der Waals surface area contributed by atoms with Crippen LogP contribution >= 0.6 is 0 Å². The first-order chi connectivity index (χ1) is 16.3. The van der Waals surface area contributed by atoms with Crippen LogP contribution < -0.4 is 0 Å². The van der Waals surface area contributed by atoms with E-state index in [9.17, 15) is 88.6 Å². The Labute approximate surface area is 197 Å². The van der Waals surface area contributed by atoms with Crippen LogP contribution in [0.4, 0.5) is 79.0 Å². The maximum Gasteiger partial charge on any atom is 0.460 e. The van der Waals surface area contributed by atoms with Crippen LogP contribution in [0, 0.1) is 0 Å². The number of alkyl halides is 18. The van der Waals surface area contributed by atoms with Gasteiger partial charge in [-0.25, -0.2) is 9.59 Å². The Balaban J connectivity index is 0. The number of carboxylic acid groups (broad SMARTS) is 1. The highest BCUT2D eigenvalue weighted by Gasteiger charge is 2.82. The molecule has 0 bridgehead atoms. The predicted octanol–water partition coefficient (Wildman–Crippen LogP) is 6.67. The molecule has 0 saturated heterocycles. The summed E-state index contributed by atoms with van der Waals surface area (Å²) in [7, 11) is 0. The quantitative estimate of drug-likeness (QED) is 0.171. The molecule has 0 radical (unpaired) electrons. The van der Waals surface area contributed by atoms with Crippen LogP contribution in [0.2, 0.25) is 0 Å². The molecule has 0 aliphatic carbocycles. The zero-order chi connectivity index (χ0) is 31.6. The fourth-order valence-electron chi connectivity index (χ4n) is 1.58. The Bertz CT molecular complexity index is 882. The molecule has 0 atom stereocenters. The molecule has 22 heteroatoms. The Morgan fingerprint density at radius 1 is 0.632 bits per heavy atom. The molecule has 0 aromatic rings. The molecule has 0 heterocycles. The summed E-state index contributed by atoms with van der Waals surface area (Å²) in [6, 6.07) is 0. The standard InChI is InChI=1S/2C8H5F9O2/c1-3(4(18)19)2-5(9,10)6(11,12)7(13,14)8(15,16)17;1-2-4(18)19-3-5(9,10)6(11,12)7(13,14)8(15,16)17/h1-2H2,(H,18,19);2H,1,3H2. The van der Waals surface area contributed by atoms with Crippen LogP contribution in [0.3, 0.4) is 0 Å². The van der Waals surface area contributed by atoms with E-state index in [0.717, 1.165) is 0 Å². The number of halogens is 18. The normalized spacial score (nSPS) is 14.3. The molecule has 0 spiro atoms. The first-order valence-electron chi connectivity index (χ1n) is 8.39. The molecule has 0 unspecified atom stereocenters. The second-order valence-corrected chi connectivity index (χ2v) is 6.60. The molecule has 38 heavy (non-hydrogen) atoms. The van der Waals surface area contributed by atoms with Gasteiger partial charge in [0.25, 0.3) is 0 Å². The van der Waals surface area contributed by atoms with Crippen molar-refractivity contribution in [1.29, 1.82) is 0 Å². The van der Waals surface area contributed by atoms with E-state index in [-0.39, 0.29) is 6.08 Å². The van der Waals surface area contributed by atoms with Gasteiger partial charge in [-0.3, -0.25) is 0 Å². The van der Waals surface area contributed by atoms with E-state index in [1.165, 1.54) is 0 Å². The summed E-state index contributed by atoms with van der Waals surface area (Å²) >= 11 is 0. The highest BCUT2D eigenvalue weighted by molar-refractivity contribution is 5.85. The summed E-state index contributed by atoms with van der Waals surface area (Å²) < 4.78 is 224. The highest BCUT2D eigenvalue weighted by Crippen LogP contribution is 2.55. The third-order valence-electron chi connectivity index (χ3n) is 3.72. The summed E-state index contributed by atoms with van der Waals surface area (Å²) in [4.78, 5) is 20.4. The second-order valence-electron chi connectivity index (χ2n) is 6.60. The van der Waals surface area contributed by atoms with Crippen molar-refractivity contribution in [2.24, 2.45) is 0 Å². The van der Waals surface area contributed by atoms with Crippen molar-refractivity contribution >= 4 is 11.9 Å². The van der Waals surface area contributed by atoms with Crippen molar-refractivity contribution in [2.45, 2.75) is 54.3 Å².